The largest absolute Gasteiger partial charge is 0.425 e. The lowest BCUT2D eigenvalue weighted by Crippen LogP contribution is -2.07. The Bertz CT molecular complexity index is 2500. The zero-order valence-corrected chi connectivity index (χ0v) is 25.2. The minimum atomic E-state index is -4.33. The second-order valence-corrected chi connectivity index (χ2v) is 11.9. The Morgan fingerprint density at radius 2 is 1.23 bits per heavy atom. The number of nitrogens with one attached hydrogen (secondary N) is 6. The summed E-state index contributed by atoms with van der Waals surface area (Å²) in [4.78, 5) is 42.2. The van der Waals surface area contributed by atoms with Crippen molar-refractivity contribution < 1.29 is 31.8 Å². The van der Waals surface area contributed by atoms with E-state index in [0.29, 0.717) is 33.5 Å². The van der Waals surface area contributed by atoms with Gasteiger partial charge in [0.25, 0.3) is 10.1 Å². The number of hydrogen-bond acceptors (Lipinski definition) is 13. The summed E-state index contributed by atoms with van der Waals surface area (Å²) in [7, 11) is -7.44. The number of imidazole rings is 1. The van der Waals surface area contributed by atoms with E-state index in [9.17, 15) is 22.6 Å². The predicted molar refractivity (Wildman–Crippen MR) is 173 cm³/mol. The number of carbonyl (C=O) groups excluding carboxylic acids is 1. The number of fused-ring (bicyclic) bond motifs is 3. The normalized spacial score (nSPS) is 12.1. The minimum Gasteiger partial charge on any atom is -0.326 e. The number of rotatable bonds is 7. The molecule has 6 aromatic rings. The molecule has 0 atom stereocenters. The Balaban J connectivity index is 0.000000855. The molecular formula is C28H23N9O8S2. The maximum absolute atomic E-state index is 11.8. The van der Waals surface area contributed by atoms with Crippen molar-refractivity contribution in [3.05, 3.63) is 88.8 Å². The number of aromatic amines is 2. The van der Waals surface area contributed by atoms with E-state index in [2.05, 4.69) is 46.2 Å². The van der Waals surface area contributed by atoms with Crippen molar-refractivity contribution >= 4 is 89.0 Å². The first kappa shape index (κ1) is 30.8. The van der Waals surface area contributed by atoms with Crippen LogP contribution >= 0.6 is 0 Å². The lowest BCUT2D eigenvalue weighted by atomic mass is 10.1. The van der Waals surface area contributed by atoms with Crippen molar-refractivity contribution in [2.24, 2.45) is 0 Å². The monoisotopic (exact) mass is 677 g/mol. The van der Waals surface area contributed by atoms with E-state index < -0.39 is 20.7 Å². The summed E-state index contributed by atoms with van der Waals surface area (Å²) < 4.78 is 57.7. The van der Waals surface area contributed by atoms with E-state index in [1.807, 2.05) is 6.07 Å². The highest BCUT2D eigenvalue weighted by Gasteiger charge is 2.18. The molecule has 0 saturated carbocycles. The molecule has 0 fully saturated rings. The Labute approximate surface area is 266 Å². The van der Waals surface area contributed by atoms with Gasteiger partial charge in [-0.25, -0.2) is 4.79 Å². The second-order valence-electron chi connectivity index (χ2n) is 10.0. The third kappa shape index (κ3) is 7.39. The van der Waals surface area contributed by atoms with Gasteiger partial charge < -0.3 is 31.2 Å². The lowest BCUT2D eigenvalue weighted by molar-refractivity contribution is -0.115. The first-order chi connectivity index (χ1) is 22.4. The third-order valence-corrected chi connectivity index (χ3v) is 7.61. The van der Waals surface area contributed by atoms with Gasteiger partial charge in [-0.3, -0.25) is 9.35 Å². The molecule has 3 heterocycles. The number of H-pyrrole nitrogens is 2. The van der Waals surface area contributed by atoms with Crippen LogP contribution in [0.5, 0.6) is 0 Å². The number of carbonyl (C=O) groups is 1. The fourth-order valence-corrected chi connectivity index (χ4v) is 5.33. The van der Waals surface area contributed by atoms with Crippen LogP contribution in [0.25, 0.3) is 21.8 Å². The Hall–Kier alpha value is -6.18. The molecule has 0 saturated heterocycles. The maximum Gasteiger partial charge on any atom is 0.425 e. The van der Waals surface area contributed by atoms with Crippen molar-refractivity contribution in [1.82, 2.24) is 24.9 Å². The van der Waals surface area contributed by atoms with Crippen molar-refractivity contribution in [3.8, 4) is 0 Å². The zero-order chi connectivity index (χ0) is 33.3. The summed E-state index contributed by atoms with van der Waals surface area (Å²) in [5.41, 5.74) is 4.45. The predicted octanol–water partition coefficient (Wildman–Crippen LogP) is 3.41. The fourth-order valence-electron chi connectivity index (χ4n) is 4.81. The highest BCUT2D eigenvalue weighted by Crippen LogP contribution is 2.29. The van der Waals surface area contributed by atoms with E-state index in [1.54, 1.807) is 54.6 Å². The summed E-state index contributed by atoms with van der Waals surface area (Å²) in [6.45, 7) is 0. The quantitative estimate of drug-likeness (QED) is 0.120. The van der Waals surface area contributed by atoms with Crippen LogP contribution in [0.15, 0.2) is 82.5 Å². The number of amides is 1. The van der Waals surface area contributed by atoms with Gasteiger partial charge in [0.05, 0.1) is 22.3 Å². The number of hydrogen-bond donors (Lipinski definition) is 7. The molecule has 4 aromatic carbocycles. The molecular weight excluding hydrogens is 654 g/mol. The average molecular weight is 678 g/mol. The topological polar surface area (TPSA) is 258 Å². The van der Waals surface area contributed by atoms with Crippen LogP contribution in [0, 0.1) is 0 Å². The van der Waals surface area contributed by atoms with Gasteiger partial charge in [-0.15, -0.1) is 12.6 Å². The molecule has 240 valence electrons. The van der Waals surface area contributed by atoms with Crippen molar-refractivity contribution in [3.63, 3.8) is 0 Å². The molecule has 0 bridgehead atoms. The van der Waals surface area contributed by atoms with Crippen LogP contribution in [-0.4, -0.2) is 56.4 Å². The molecule has 7 rings (SSSR count). The second kappa shape index (κ2) is 12.3. The number of aromatic nitrogens is 5. The fraction of sp³-hybridized carbons (Fsp3) is 0.0357. The van der Waals surface area contributed by atoms with Crippen molar-refractivity contribution in [2.45, 2.75) is 11.3 Å². The minimum absolute atomic E-state index is 0. The molecule has 0 radical (unpaired) electrons. The van der Waals surface area contributed by atoms with Gasteiger partial charge in [-0.05, 0) is 77.0 Å². The van der Waals surface area contributed by atoms with Gasteiger partial charge in [-0.2, -0.15) is 23.4 Å². The SMILES string of the molecule is O=C1Cc2cc(Nc3nc(Nc4ccc5cc(S(=O)(=O)O)ccc5c4)nc(Nc4ccc5[nH]c(=O)[nH]c5c4)n3)ccc2N1.O=S(=O)=O.[HH]. The van der Waals surface area contributed by atoms with E-state index in [1.165, 1.54) is 12.1 Å². The molecule has 0 aliphatic carbocycles. The number of anilines is 7. The summed E-state index contributed by atoms with van der Waals surface area (Å²) in [5.74, 6) is 0.541. The Kier molecular flexibility index (Phi) is 8.07. The lowest BCUT2D eigenvalue weighted by Gasteiger charge is -2.12. The van der Waals surface area contributed by atoms with Crippen LogP contribution < -0.4 is 27.0 Å². The van der Waals surface area contributed by atoms with Gasteiger partial charge in [0.15, 0.2) is 0 Å². The molecule has 17 nitrogen and oxygen atoms in total. The summed E-state index contributed by atoms with van der Waals surface area (Å²) >= 11 is 0. The van der Waals surface area contributed by atoms with E-state index >= 15 is 0 Å². The van der Waals surface area contributed by atoms with Gasteiger partial charge in [0.1, 0.15) is 0 Å². The Morgan fingerprint density at radius 3 is 1.89 bits per heavy atom. The summed E-state index contributed by atoms with van der Waals surface area (Å²) in [5, 5.41) is 13.6. The molecule has 47 heavy (non-hydrogen) atoms. The molecule has 0 unspecified atom stereocenters. The van der Waals surface area contributed by atoms with Crippen LogP contribution in [-0.2, 0) is 31.9 Å². The van der Waals surface area contributed by atoms with Gasteiger partial charge >= 0.3 is 16.3 Å². The van der Waals surface area contributed by atoms with Crippen LogP contribution in [0.1, 0.15) is 6.99 Å². The highest BCUT2D eigenvalue weighted by molar-refractivity contribution is 7.85. The smallest absolute Gasteiger partial charge is 0.326 e. The van der Waals surface area contributed by atoms with Gasteiger partial charge in [0.2, 0.25) is 23.8 Å². The number of nitrogens with zero attached hydrogens (tertiary/aromatic N) is 3. The van der Waals surface area contributed by atoms with E-state index in [4.69, 9.17) is 12.6 Å². The van der Waals surface area contributed by atoms with Crippen LogP contribution in [0.3, 0.4) is 0 Å². The molecule has 0 spiro atoms. The molecule has 7 N–H and O–H groups in total. The van der Waals surface area contributed by atoms with Gasteiger partial charge in [-0.1, -0.05) is 12.1 Å². The van der Waals surface area contributed by atoms with Gasteiger partial charge in [0, 0.05) is 24.2 Å². The molecule has 1 aliphatic rings. The number of benzene rings is 4. The van der Waals surface area contributed by atoms with Crippen LogP contribution in [0.2, 0.25) is 0 Å². The van der Waals surface area contributed by atoms with E-state index in [0.717, 1.165) is 16.6 Å². The third-order valence-electron chi connectivity index (χ3n) is 6.76. The molecule has 19 heteroatoms. The standard InChI is InChI=1S/C28H21N9O5S.O3S.H2/c38-24-12-16-10-18(4-7-21(16)32-24)30-26-35-25(29-17-3-1-15-11-20(43(40,41)42)6-2-14(15)9-17)36-27(37-26)31-19-5-8-22-23(13-19)34-28(39)33-22;1-4(2)3;/h1-11,13H,12H2,(H,32,38)(H2,33,34,39)(H,40,41,42)(H3,29,30,31,35,36,37);;1H. The summed E-state index contributed by atoms with van der Waals surface area (Å²) in [6, 6.07) is 20.2. The van der Waals surface area contributed by atoms with Crippen molar-refractivity contribution in [1.29, 1.82) is 0 Å². The molecule has 1 aliphatic heterocycles. The van der Waals surface area contributed by atoms with E-state index in [-0.39, 0.29) is 42.2 Å². The van der Waals surface area contributed by atoms with Crippen LogP contribution in [0.4, 0.5) is 40.6 Å². The zero-order valence-electron chi connectivity index (χ0n) is 23.6. The average Bonchev–Trinajstić information content (AvgIpc) is 3.55. The summed E-state index contributed by atoms with van der Waals surface area (Å²) in [6.07, 6.45) is 0.277. The molecule has 1 amide bonds. The first-order valence-electron chi connectivity index (χ1n) is 13.4. The maximum atomic E-state index is 11.8. The van der Waals surface area contributed by atoms with Crippen molar-refractivity contribution in [2.75, 3.05) is 21.3 Å². The Morgan fingerprint density at radius 1 is 0.702 bits per heavy atom. The first-order valence-corrected chi connectivity index (χ1v) is 15.8. The highest BCUT2D eigenvalue weighted by atomic mass is 32.2. The molecule has 2 aromatic heterocycles.